The zero-order valence-corrected chi connectivity index (χ0v) is 13.5. The minimum Gasteiger partial charge on any atom is -0.465 e. The van der Waals surface area contributed by atoms with Crippen molar-refractivity contribution in [3.05, 3.63) is 60.2 Å². The maximum absolute atomic E-state index is 12.3. The number of rotatable bonds is 4. The van der Waals surface area contributed by atoms with Crippen LogP contribution in [0.4, 0.5) is 11.4 Å². The number of hydrogen-bond acceptors (Lipinski definition) is 4. The summed E-state index contributed by atoms with van der Waals surface area (Å²) in [6, 6.07) is 15.1. The molecule has 0 aliphatic rings. The van der Waals surface area contributed by atoms with Gasteiger partial charge in [-0.15, -0.1) is 0 Å². The zero-order chi connectivity index (χ0) is 17.5. The monoisotopic (exact) mass is 326 g/mol. The lowest BCUT2D eigenvalue weighted by molar-refractivity contribution is -0.134. The Bertz CT molecular complexity index is 726. The first-order valence-electron chi connectivity index (χ1n) is 7.43. The van der Waals surface area contributed by atoms with Crippen LogP contribution in [0.25, 0.3) is 0 Å². The van der Waals surface area contributed by atoms with Gasteiger partial charge in [0.2, 0.25) is 0 Å². The second-order valence-corrected chi connectivity index (χ2v) is 4.91. The Morgan fingerprint density at radius 2 is 1.62 bits per heavy atom. The summed E-state index contributed by atoms with van der Waals surface area (Å²) in [5.74, 6) is -1.86. The lowest BCUT2D eigenvalue weighted by atomic mass is 10.2. The topological polar surface area (TPSA) is 75.7 Å². The van der Waals surface area contributed by atoms with Crippen molar-refractivity contribution in [3.8, 4) is 0 Å². The van der Waals surface area contributed by atoms with E-state index in [1.54, 1.807) is 31.2 Å². The SMILES string of the molecule is CCN(C(=O)C(=O)Nc1ccc(C(=O)OC)cc1)c1ccccc1. The van der Waals surface area contributed by atoms with E-state index in [2.05, 4.69) is 10.1 Å². The van der Waals surface area contributed by atoms with Crippen LogP contribution < -0.4 is 10.2 Å². The van der Waals surface area contributed by atoms with Crippen LogP contribution in [0.5, 0.6) is 0 Å². The van der Waals surface area contributed by atoms with Crippen LogP contribution >= 0.6 is 0 Å². The Balaban J connectivity index is 2.08. The average Bonchev–Trinajstić information content (AvgIpc) is 2.63. The van der Waals surface area contributed by atoms with Crippen molar-refractivity contribution in [1.29, 1.82) is 0 Å². The standard InChI is InChI=1S/C18H18N2O4/c1-3-20(15-7-5-4-6-8-15)17(22)16(21)19-14-11-9-13(10-12-14)18(23)24-2/h4-12H,3H2,1-2H3,(H,19,21). The molecule has 0 unspecified atom stereocenters. The average molecular weight is 326 g/mol. The van der Waals surface area contributed by atoms with Crippen LogP contribution in [0.3, 0.4) is 0 Å². The highest BCUT2D eigenvalue weighted by molar-refractivity contribution is 6.44. The zero-order valence-electron chi connectivity index (χ0n) is 13.5. The highest BCUT2D eigenvalue weighted by Gasteiger charge is 2.22. The minimum atomic E-state index is -0.744. The van der Waals surface area contributed by atoms with E-state index in [9.17, 15) is 14.4 Å². The first-order valence-corrected chi connectivity index (χ1v) is 7.43. The molecule has 0 atom stereocenters. The van der Waals surface area contributed by atoms with Crippen molar-refractivity contribution in [2.24, 2.45) is 0 Å². The Hall–Kier alpha value is -3.15. The predicted molar refractivity (Wildman–Crippen MR) is 90.9 cm³/mol. The summed E-state index contributed by atoms with van der Waals surface area (Å²) in [6.45, 7) is 2.17. The molecule has 2 aromatic rings. The third-order valence-corrected chi connectivity index (χ3v) is 3.39. The van der Waals surface area contributed by atoms with Gasteiger partial charge >= 0.3 is 17.8 Å². The van der Waals surface area contributed by atoms with Gasteiger partial charge in [0.1, 0.15) is 0 Å². The van der Waals surface area contributed by atoms with Gasteiger partial charge in [0, 0.05) is 17.9 Å². The number of ether oxygens (including phenoxy) is 1. The molecule has 0 saturated carbocycles. The van der Waals surface area contributed by atoms with Crippen molar-refractivity contribution in [2.75, 3.05) is 23.9 Å². The number of nitrogens with zero attached hydrogens (tertiary/aromatic N) is 1. The van der Waals surface area contributed by atoms with Crippen LogP contribution in [0.1, 0.15) is 17.3 Å². The summed E-state index contributed by atoms with van der Waals surface area (Å²) in [6.07, 6.45) is 0. The van der Waals surface area contributed by atoms with Crippen molar-refractivity contribution in [2.45, 2.75) is 6.92 Å². The van der Waals surface area contributed by atoms with Crippen LogP contribution in [0, 0.1) is 0 Å². The summed E-state index contributed by atoms with van der Waals surface area (Å²) in [5.41, 5.74) is 1.44. The van der Waals surface area contributed by atoms with Crippen molar-refractivity contribution in [3.63, 3.8) is 0 Å². The van der Waals surface area contributed by atoms with Crippen LogP contribution in [-0.4, -0.2) is 31.4 Å². The second-order valence-electron chi connectivity index (χ2n) is 4.91. The van der Waals surface area contributed by atoms with E-state index in [0.717, 1.165) is 0 Å². The number of methoxy groups -OCH3 is 1. The number of carbonyl (C=O) groups is 3. The Morgan fingerprint density at radius 1 is 1.00 bits per heavy atom. The molecule has 0 aliphatic carbocycles. The van der Waals surface area contributed by atoms with E-state index in [4.69, 9.17) is 0 Å². The third kappa shape index (κ3) is 3.98. The molecule has 124 valence electrons. The number of benzene rings is 2. The fourth-order valence-electron chi connectivity index (χ4n) is 2.17. The van der Waals surface area contributed by atoms with Gasteiger partial charge in [0.05, 0.1) is 12.7 Å². The summed E-state index contributed by atoms with van der Waals surface area (Å²) < 4.78 is 4.60. The highest BCUT2D eigenvalue weighted by atomic mass is 16.5. The number of amides is 2. The molecule has 24 heavy (non-hydrogen) atoms. The Labute approximate surface area is 140 Å². The summed E-state index contributed by atoms with van der Waals surface area (Å²) in [5, 5.41) is 2.53. The lowest BCUT2D eigenvalue weighted by Crippen LogP contribution is -2.39. The molecular formula is C18H18N2O4. The van der Waals surface area contributed by atoms with Crippen LogP contribution in [0.2, 0.25) is 0 Å². The minimum absolute atomic E-state index is 0.362. The van der Waals surface area contributed by atoms with Crippen LogP contribution in [0.15, 0.2) is 54.6 Å². The summed E-state index contributed by atoms with van der Waals surface area (Å²) >= 11 is 0. The number of carbonyl (C=O) groups excluding carboxylic acids is 3. The Kier molecular flexibility index (Phi) is 5.68. The van der Waals surface area contributed by atoms with Gasteiger partial charge in [-0.3, -0.25) is 9.59 Å². The first-order chi connectivity index (χ1) is 11.6. The number of esters is 1. The van der Waals surface area contributed by atoms with E-state index in [0.29, 0.717) is 23.5 Å². The van der Waals surface area contributed by atoms with Crippen molar-refractivity contribution in [1.82, 2.24) is 0 Å². The molecule has 2 aromatic carbocycles. The van der Waals surface area contributed by atoms with Crippen molar-refractivity contribution < 1.29 is 19.1 Å². The largest absolute Gasteiger partial charge is 0.465 e. The fraction of sp³-hybridized carbons (Fsp3) is 0.167. The molecule has 0 fully saturated rings. The molecule has 0 bridgehead atoms. The number of likely N-dealkylation sites (N-methyl/N-ethyl adjacent to an activating group) is 1. The maximum atomic E-state index is 12.3. The van der Waals surface area contributed by atoms with Gasteiger partial charge in [-0.1, -0.05) is 18.2 Å². The van der Waals surface area contributed by atoms with Crippen LogP contribution in [-0.2, 0) is 14.3 Å². The van der Waals surface area contributed by atoms with E-state index in [-0.39, 0.29) is 0 Å². The van der Waals surface area contributed by atoms with Gasteiger partial charge < -0.3 is 15.0 Å². The third-order valence-electron chi connectivity index (χ3n) is 3.39. The van der Waals surface area contributed by atoms with Gasteiger partial charge in [-0.25, -0.2) is 4.79 Å². The highest BCUT2D eigenvalue weighted by Crippen LogP contribution is 2.15. The summed E-state index contributed by atoms with van der Waals surface area (Å²) in [7, 11) is 1.29. The van der Waals surface area contributed by atoms with E-state index in [1.165, 1.54) is 36.3 Å². The maximum Gasteiger partial charge on any atom is 0.337 e. The molecule has 1 N–H and O–H groups in total. The number of anilines is 2. The molecule has 0 aromatic heterocycles. The number of nitrogens with one attached hydrogen (secondary N) is 1. The molecule has 6 nitrogen and oxygen atoms in total. The molecule has 2 amide bonds. The predicted octanol–water partition coefficient (Wildman–Crippen LogP) is 2.46. The summed E-state index contributed by atoms with van der Waals surface area (Å²) in [4.78, 5) is 37.3. The van der Waals surface area contributed by atoms with E-state index >= 15 is 0 Å². The van der Waals surface area contributed by atoms with Crippen molar-refractivity contribution >= 4 is 29.2 Å². The Morgan fingerprint density at radius 3 is 2.17 bits per heavy atom. The van der Waals surface area contributed by atoms with E-state index < -0.39 is 17.8 Å². The molecule has 2 rings (SSSR count). The first kappa shape index (κ1) is 17.2. The molecule has 6 heteroatoms. The quantitative estimate of drug-likeness (QED) is 0.692. The van der Waals surface area contributed by atoms with Gasteiger partial charge in [-0.05, 0) is 43.3 Å². The number of para-hydroxylation sites is 1. The molecule has 0 heterocycles. The second kappa shape index (κ2) is 7.92. The molecule has 0 radical (unpaired) electrons. The smallest absolute Gasteiger partial charge is 0.337 e. The van der Waals surface area contributed by atoms with Gasteiger partial charge in [-0.2, -0.15) is 0 Å². The molecule has 0 saturated heterocycles. The fourth-order valence-corrected chi connectivity index (χ4v) is 2.17. The van der Waals surface area contributed by atoms with Gasteiger partial charge in [0.25, 0.3) is 0 Å². The molecular weight excluding hydrogens is 308 g/mol. The normalized spacial score (nSPS) is 9.92. The van der Waals surface area contributed by atoms with E-state index in [1.807, 2.05) is 6.07 Å². The van der Waals surface area contributed by atoms with Gasteiger partial charge in [0.15, 0.2) is 0 Å². The molecule has 0 aliphatic heterocycles. The lowest BCUT2D eigenvalue weighted by Gasteiger charge is -2.20. The molecule has 0 spiro atoms. The number of hydrogen-bond donors (Lipinski definition) is 1.